The first kappa shape index (κ1) is 17.5. The van der Waals surface area contributed by atoms with Gasteiger partial charge in [-0.1, -0.05) is 30.3 Å². The molecule has 4 heteroatoms. The molecule has 0 saturated carbocycles. The van der Waals surface area contributed by atoms with Crippen molar-refractivity contribution in [2.45, 2.75) is 32.9 Å². The third-order valence-electron chi connectivity index (χ3n) is 2.67. The standard InChI is InChI=1S/C14H19N2.Au.ClH/c1-14(2,3)16-10-9-15(12-16)11-13-7-5-4-6-8-13;;/h4-10,12H,11H2,1-3H3;;1H/q+1;+3;/p-1. The van der Waals surface area contributed by atoms with E-state index < -0.39 is 0 Å². The third kappa shape index (κ3) is 4.62. The van der Waals surface area contributed by atoms with E-state index in [0.717, 1.165) is 6.54 Å². The predicted molar refractivity (Wildman–Crippen MR) is 65.2 cm³/mol. The zero-order chi connectivity index (χ0) is 11.6. The molecule has 1 heterocycles. The van der Waals surface area contributed by atoms with Gasteiger partial charge in [-0.15, -0.1) is 0 Å². The maximum absolute atomic E-state index is 2.23. The largest absolute Gasteiger partial charge is 3.00 e. The van der Waals surface area contributed by atoms with Crippen LogP contribution < -0.4 is 17.0 Å². The third-order valence-corrected chi connectivity index (χ3v) is 2.67. The zero-order valence-corrected chi connectivity index (χ0v) is 13.8. The summed E-state index contributed by atoms with van der Waals surface area (Å²) in [6.45, 7) is 7.56. The summed E-state index contributed by atoms with van der Waals surface area (Å²) in [4.78, 5) is 0. The fourth-order valence-corrected chi connectivity index (χ4v) is 1.68. The Morgan fingerprint density at radius 2 is 1.72 bits per heavy atom. The van der Waals surface area contributed by atoms with Crippen molar-refractivity contribution in [2.75, 3.05) is 0 Å². The second-order valence-corrected chi connectivity index (χ2v) is 5.15. The number of benzene rings is 1. The van der Waals surface area contributed by atoms with E-state index in [9.17, 15) is 0 Å². The molecule has 1 aromatic carbocycles. The van der Waals surface area contributed by atoms with Crippen LogP contribution in [0.4, 0.5) is 0 Å². The Labute approximate surface area is 131 Å². The van der Waals surface area contributed by atoms with Gasteiger partial charge in [-0.05, 0) is 26.3 Å². The number of nitrogens with zero attached hydrogens (tertiary/aromatic N) is 2. The Balaban J connectivity index is 0.00000144. The predicted octanol–water partition coefficient (Wildman–Crippen LogP) is -0.420. The van der Waals surface area contributed by atoms with Gasteiger partial charge in [0.05, 0.1) is 0 Å². The normalized spacial score (nSPS) is 10.4. The van der Waals surface area contributed by atoms with Crippen molar-refractivity contribution in [1.29, 1.82) is 0 Å². The number of hydrogen-bond donors (Lipinski definition) is 0. The molecule has 100 valence electrons. The van der Waals surface area contributed by atoms with Gasteiger partial charge in [0.15, 0.2) is 0 Å². The van der Waals surface area contributed by atoms with Crippen molar-refractivity contribution < 1.29 is 39.4 Å². The van der Waals surface area contributed by atoms with Crippen LogP contribution in [-0.2, 0) is 34.5 Å². The summed E-state index contributed by atoms with van der Waals surface area (Å²) in [7, 11) is 0. The molecule has 18 heavy (non-hydrogen) atoms. The van der Waals surface area contributed by atoms with E-state index in [1.807, 2.05) is 0 Å². The van der Waals surface area contributed by atoms with Crippen molar-refractivity contribution >= 4 is 0 Å². The molecule has 0 N–H and O–H groups in total. The van der Waals surface area contributed by atoms with Crippen molar-refractivity contribution in [3.05, 3.63) is 54.6 Å². The molecule has 0 radical (unpaired) electrons. The molecule has 0 atom stereocenters. The molecule has 0 fully saturated rings. The van der Waals surface area contributed by atoms with Gasteiger partial charge < -0.3 is 12.4 Å². The van der Waals surface area contributed by atoms with E-state index >= 15 is 0 Å². The topological polar surface area (TPSA) is 8.81 Å². The van der Waals surface area contributed by atoms with Crippen LogP contribution >= 0.6 is 0 Å². The molecule has 0 unspecified atom stereocenters. The first-order valence-electron chi connectivity index (χ1n) is 5.67. The molecule has 0 aliphatic heterocycles. The minimum absolute atomic E-state index is 0. The second-order valence-electron chi connectivity index (χ2n) is 5.15. The van der Waals surface area contributed by atoms with Crippen molar-refractivity contribution in [3.63, 3.8) is 0 Å². The van der Waals surface area contributed by atoms with Crippen LogP contribution in [0.5, 0.6) is 0 Å². The second kappa shape index (κ2) is 7.15. The van der Waals surface area contributed by atoms with Gasteiger partial charge in [0.1, 0.15) is 24.5 Å². The van der Waals surface area contributed by atoms with Gasteiger partial charge in [0, 0.05) is 0 Å². The molecule has 0 amide bonds. The molecule has 0 aliphatic carbocycles. The van der Waals surface area contributed by atoms with Crippen LogP contribution in [-0.4, -0.2) is 4.57 Å². The average Bonchev–Trinajstić information content (AvgIpc) is 2.67. The Morgan fingerprint density at radius 3 is 2.22 bits per heavy atom. The molecule has 0 spiro atoms. The Kier molecular flexibility index (Phi) is 6.93. The van der Waals surface area contributed by atoms with Crippen LogP contribution in [0.1, 0.15) is 26.3 Å². The quantitative estimate of drug-likeness (QED) is 0.437. The van der Waals surface area contributed by atoms with Crippen molar-refractivity contribution in [1.82, 2.24) is 4.57 Å². The monoisotopic (exact) mass is 447 g/mol. The molecule has 2 nitrogen and oxygen atoms in total. The number of imidazole rings is 1. The molecule has 2 rings (SSSR count). The van der Waals surface area contributed by atoms with E-state index in [2.05, 4.69) is 79.0 Å². The smallest absolute Gasteiger partial charge is 1.00 e. The minimum Gasteiger partial charge on any atom is -1.00 e. The Hall–Kier alpha value is -0.540. The summed E-state index contributed by atoms with van der Waals surface area (Å²) >= 11 is 0. The molecule has 0 aliphatic rings. The van der Waals surface area contributed by atoms with E-state index in [1.54, 1.807) is 0 Å². The number of rotatable bonds is 2. The van der Waals surface area contributed by atoms with Gasteiger partial charge >= 0.3 is 22.4 Å². The SMILES string of the molecule is CC(C)(C)n1cc[n+](Cc2ccccc2)c1.[Au+3].[Cl-]. The summed E-state index contributed by atoms with van der Waals surface area (Å²) < 4.78 is 4.44. The first-order chi connectivity index (χ1) is 7.55. The number of hydrogen-bond acceptors (Lipinski definition) is 0. The fraction of sp³-hybridized carbons (Fsp3) is 0.357. The zero-order valence-electron chi connectivity index (χ0n) is 10.9. The van der Waals surface area contributed by atoms with Crippen LogP contribution in [0.25, 0.3) is 0 Å². The fourth-order valence-electron chi connectivity index (χ4n) is 1.68. The average molecular weight is 448 g/mol. The number of halogens is 1. The van der Waals surface area contributed by atoms with Crippen LogP contribution in [0.3, 0.4) is 0 Å². The summed E-state index contributed by atoms with van der Waals surface area (Å²) in [5.41, 5.74) is 1.49. The van der Waals surface area contributed by atoms with Crippen molar-refractivity contribution in [3.8, 4) is 0 Å². The van der Waals surface area contributed by atoms with Crippen molar-refractivity contribution in [2.24, 2.45) is 0 Å². The van der Waals surface area contributed by atoms with Crippen LogP contribution in [0.2, 0.25) is 0 Å². The molecule has 0 bridgehead atoms. The molecule has 2 aromatic rings. The van der Waals surface area contributed by atoms with Gasteiger partial charge in [-0.25, -0.2) is 9.13 Å². The van der Waals surface area contributed by atoms with E-state index in [1.165, 1.54) is 5.56 Å². The van der Waals surface area contributed by atoms with E-state index in [-0.39, 0.29) is 40.3 Å². The first-order valence-corrected chi connectivity index (χ1v) is 5.67. The van der Waals surface area contributed by atoms with Gasteiger partial charge in [0.2, 0.25) is 6.33 Å². The molecule has 0 saturated heterocycles. The Morgan fingerprint density at radius 1 is 1.11 bits per heavy atom. The van der Waals surface area contributed by atoms with Gasteiger partial charge in [0.25, 0.3) is 0 Å². The van der Waals surface area contributed by atoms with E-state index in [0.29, 0.717) is 0 Å². The summed E-state index contributed by atoms with van der Waals surface area (Å²) in [5.74, 6) is 0. The van der Waals surface area contributed by atoms with Crippen LogP contribution in [0, 0.1) is 0 Å². The summed E-state index contributed by atoms with van der Waals surface area (Å²) in [6, 6.07) is 10.5. The minimum atomic E-state index is 0. The number of aromatic nitrogens is 2. The van der Waals surface area contributed by atoms with E-state index in [4.69, 9.17) is 0 Å². The molecular formula is C14H19AuClN2+3. The summed E-state index contributed by atoms with van der Waals surface area (Å²) in [5, 5.41) is 0. The Bertz CT molecular complexity index is 460. The van der Waals surface area contributed by atoms with Crippen LogP contribution in [0.15, 0.2) is 49.1 Å². The molecule has 1 aromatic heterocycles. The maximum atomic E-state index is 2.23. The van der Waals surface area contributed by atoms with Gasteiger partial charge in [-0.3, -0.25) is 0 Å². The summed E-state index contributed by atoms with van der Waals surface area (Å²) in [6.07, 6.45) is 6.41. The maximum Gasteiger partial charge on any atom is 3.00 e. The van der Waals surface area contributed by atoms with Gasteiger partial charge in [-0.2, -0.15) is 0 Å². The molecular weight excluding hydrogens is 429 g/mol.